The molecule has 0 amide bonds. The lowest BCUT2D eigenvalue weighted by Crippen LogP contribution is -2.04. The van der Waals surface area contributed by atoms with E-state index in [1.54, 1.807) is 12.1 Å². The Morgan fingerprint density at radius 1 is 1.04 bits per heavy atom. The van der Waals surface area contributed by atoms with Crippen molar-refractivity contribution in [2.75, 3.05) is 7.11 Å². The summed E-state index contributed by atoms with van der Waals surface area (Å²) in [5, 5.41) is 17.9. The molecule has 0 spiro atoms. The summed E-state index contributed by atoms with van der Waals surface area (Å²) in [6, 6.07) is 9.21. The minimum atomic E-state index is -1.04. The number of rotatable bonds is 6. The first-order valence-electron chi connectivity index (χ1n) is 6.48. The summed E-state index contributed by atoms with van der Waals surface area (Å²) >= 11 is 1.98. The fourth-order valence-corrected chi connectivity index (χ4v) is 2.64. The molecule has 0 aromatic heterocycles. The van der Waals surface area contributed by atoms with Crippen molar-refractivity contribution in [3.63, 3.8) is 0 Å². The Bertz CT molecular complexity index is 739. The van der Waals surface area contributed by atoms with Crippen LogP contribution in [-0.4, -0.2) is 29.3 Å². The molecule has 0 fully saturated rings. The lowest BCUT2D eigenvalue weighted by atomic mass is 10.1. The van der Waals surface area contributed by atoms with Crippen molar-refractivity contribution < 1.29 is 29.3 Å². The van der Waals surface area contributed by atoms with Crippen LogP contribution in [0.5, 0.6) is 11.5 Å². The van der Waals surface area contributed by atoms with Gasteiger partial charge in [0, 0.05) is 0 Å². The smallest absolute Gasteiger partial charge is 0.335 e. The molecular formula is C16H13IO6. The van der Waals surface area contributed by atoms with Crippen LogP contribution in [0, 0.1) is 3.57 Å². The van der Waals surface area contributed by atoms with Gasteiger partial charge in [-0.15, -0.1) is 0 Å². The van der Waals surface area contributed by atoms with E-state index < -0.39 is 11.9 Å². The minimum Gasteiger partial charge on any atom is -0.493 e. The average molecular weight is 428 g/mol. The summed E-state index contributed by atoms with van der Waals surface area (Å²) in [6.45, 7) is 0.207. The topological polar surface area (TPSA) is 93.1 Å². The van der Waals surface area contributed by atoms with Gasteiger partial charge in [-0.25, -0.2) is 9.59 Å². The van der Waals surface area contributed by atoms with Gasteiger partial charge in [-0.2, -0.15) is 0 Å². The second-order valence-electron chi connectivity index (χ2n) is 4.59. The minimum absolute atomic E-state index is 0.115. The van der Waals surface area contributed by atoms with E-state index in [0.29, 0.717) is 15.1 Å². The third-order valence-corrected chi connectivity index (χ3v) is 3.86. The first-order chi connectivity index (χ1) is 10.9. The molecule has 0 aliphatic carbocycles. The summed E-state index contributed by atoms with van der Waals surface area (Å²) in [6.07, 6.45) is 0. The molecule has 0 aliphatic heterocycles. The van der Waals surface area contributed by atoms with Crippen LogP contribution < -0.4 is 9.47 Å². The molecule has 2 rings (SSSR count). The fourth-order valence-electron chi connectivity index (χ4n) is 1.88. The highest BCUT2D eigenvalue weighted by molar-refractivity contribution is 14.1. The van der Waals surface area contributed by atoms with E-state index in [2.05, 4.69) is 0 Å². The largest absolute Gasteiger partial charge is 0.493 e. The number of carboxylic acids is 2. The number of aromatic carboxylic acids is 2. The summed E-state index contributed by atoms with van der Waals surface area (Å²) < 4.78 is 11.5. The Kier molecular flexibility index (Phi) is 5.43. The number of ether oxygens (including phenoxy) is 2. The van der Waals surface area contributed by atoms with E-state index in [1.807, 2.05) is 22.6 Å². The average Bonchev–Trinajstić information content (AvgIpc) is 2.53. The molecule has 23 heavy (non-hydrogen) atoms. The molecule has 2 aromatic rings. The molecular weight excluding hydrogens is 415 g/mol. The van der Waals surface area contributed by atoms with E-state index in [1.165, 1.54) is 31.4 Å². The Morgan fingerprint density at radius 2 is 1.65 bits per heavy atom. The highest BCUT2D eigenvalue weighted by atomic mass is 127. The molecule has 6 nitrogen and oxygen atoms in total. The van der Waals surface area contributed by atoms with Crippen molar-refractivity contribution in [3.05, 3.63) is 56.7 Å². The zero-order valence-electron chi connectivity index (χ0n) is 12.1. The zero-order chi connectivity index (χ0) is 17.0. The monoisotopic (exact) mass is 428 g/mol. The first kappa shape index (κ1) is 17.1. The van der Waals surface area contributed by atoms with Crippen molar-refractivity contribution in [1.82, 2.24) is 0 Å². The van der Waals surface area contributed by atoms with Gasteiger partial charge in [0.05, 0.1) is 21.8 Å². The van der Waals surface area contributed by atoms with Gasteiger partial charge in [0.15, 0.2) is 11.5 Å². The highest BCUT2D eigenvalue weighted by Gasteiger charge is 2.15. The Balaban J connectivity index is 2.19. The molecule has 0 heterocycles. The van der Waals surface area contributed by atoms with E-state index in [9.17, 15) is 9.59 Å². The molecule has 2 N–H and O–H groups in total. The summed E-state index contributed by atoms with van der Waals surface area (Å²) in [5.41, 5.74) is 1.10. The second kappa shape index (κ2) is 7.32. The normalized spacial score (nSPS) is 10.2. The number of hydrogen-bond acceptors (Lipinski definition) is 4. The van der Waals surface area contributed by atoms with E-state index in [0.717, 1.165) is 5.56 Å². The molecule has 0 atom stereocenters. The van der Waals surface area contributed by atoms with Crippen LogP contribution in [0.2, 0.25) is 0 Å². The SMILES string of the molecule is COc1cc(C(=O)O)cc(I)c1OCc1ccc(C(=O)O)cc1. The zero-order valence-corrected chi connectivity index (χ0v) is 14.2. The van der Waals surface area contributed by atoms with Gasteiger partial charge in [0.2, 0.25) is 0 Å². The van der Waals surface area contributed by atoms with Crippen LogP contribution in [0.4, 0.5) is 0 Å². The molecule has 0 saturated carbocycles. The van der Waals surface area contributed by atoms with Crippen LogP contribution in [-0.2, 0) is 6.61 Å². The highest BCUT2D eigenvalue weighted by Crippen LogP contribution is 2.34. The predicted octanol–water partition coefficient (Wildman–Crippen LogP) is 3.28. The standard InChI is InChI=1S/C16H13IO6/c1-22-13-7-11(16(20)21)6-12(17)14(13)23-8-9-2-4-10(5-3-9)15(18)19/h2-7H,8H2,1H3,(H,18,19)(H,20,21). The van der Waals surface area contributed by atoms with Crippen molar-refractivity contribution in [2.45, 2.75) is 6.61 Å². The van der Waals surface area contributed by atoms with Gasteiger partial charge in [-0.05, 0) is 52.4 Å². The van der Waals surface area contributed by atoms with Gasteiger partial charge in [0.25, 0.3) is 0 Å². The number of halogens is 1. The number of carbonyl (C=O) groups is 2. The quantitative estimate of drug-likeness (QED) is 0.687. The van der Waals surface area contributed by atoms with Crippen LogP contribution in [0.1, 0.15) is 26.3 Å². The summed E-state index contributed by atoms with van der Waals surface area (Å²) in [7, 11) is 1.44. The molecule has 2 aromatic carbocycles. The molecule has 0 saturated heterocycles. The van der Waals surface area contributed by atoms with Crippen molar-refractivity contribution in [3.8, 4) is 11.5 Å². The van der Waals surface area contributed by atoms with Gasteiger partial charge in [-0.1, -0.05) is 12.1 Å². The second-order valence-corrected chi connectivity index (χ2v) is 5.75. The van der Waals surface area contributed by atoms with Crippen LogP contribution >= 0.6 is 22.6 Å². The Morgan fingerprint density at radius 3 is 2.17 bits per heavy atom. The maximum Gasteiger partial charge on any atom is 0.335 e. The van der Waals surface area contributed by atoms with E-state index in [4.69, 9.17) is 19.7 Å². The van der Waals surface area contributed by atoms with Crippen LogP contribution in [0.25, 0.3) is 0 Å². The summed E-state index contributed by atoms with van der Waals surface area (Å²) in [4.78, 5) is 21.9. The molecule has 120 valence electrons. The lowest BCUT2D eigenvalue weighted by molar-refractivity contribution is 0.0685. The summed E-state index contributed by atoms with van der Waals surface area (Å²) in [5.74, 6) is -1.26. The van der Waals surface area contributed by atoms with Crippen LogP contribution in [0.3, 0.4) is 0 Å². The van der Waals surface area contributed by atoms with Crippen molar-refractivity contribution in [2.24, 2.45) is 0 Å². The van der Waals surface area contributed by atoms with Crippen molar-refractivity contribution >= 4 is 34.5 Å². The number of methoxy groups -OCH3 is 1. The Labute approximate surface area is 145 Å². The molecule has 0 aliphatic rings. The Hall–Kier alpha value is -2.29. The third-order valence-electron chi connectivity index (χ3n) is 3.06. The number of carboxylic acid groups (broad SMARTS) is 2. The fraction of sp³-hybridized carbons (Fsp3) is 0.125. The van der Waals surface area contributed by atoms with Crippen LogP contribution in [0.15, 0.2) is 36.4 Å². The molecule has 0 unspecified atom stereocenters. The van der Waals surface area contributed by atoms with E-state index >= 15 is 0 Å². The molecule has 7 heteroatoms. The number of benzene rings is 2. The predicted molar refractivity (Wildman–Crippen MR) is 90.4 cm³/mol. The van der Waals surface area contributed by atoms with Crippen molar-refractivity contribution in [1.29, 1.82) is 0 Å². The maximum atomic E-state index is 11.1. The van der Waals surface area contributed by atoms with Gasteiger partial charge in [0.1, 0.15) is 6.61 Å². The first-order valence-corrected chi connectivity index (χ1v) is 7.56. The van der Waals surface area contributed by atoms with Gasteiger partial charge in [-0.3, -0.25) is 0 Å². The molecule has 0 bridgehead atoms. The maximum absolute atomic E-state index is 11.1. The lowest BCUT2D eigenvalue weighted by Gasteiger charge is -2.13. The number of hydrogen-bond donors (Lipinski definition) is 2. The van der Waals surface area contributed by atoms with E-state index in [-0.39, 0.29) is 17.7 Å². The van der Waals surface area contributed by atoms with Gasteiger partial charge < -0.3 is 19.7 Å². The van der Waals surface area contributed by atoms with Gasteiger partial charge >= 0.3 is 11.9 Å². The molecule has 0 radical (unpaired) electrons. The third kappa shape index (κ3) is 4.13.